The van der Waals surface area contributed by atoms with Gasteiger partial charge in [-0.25, -0.2) is 22.8 Å². The molecular weight excluding hydrogens is 459 g/mol. The Bertz CT molecular complexity index is 1130. The molecule has 0 bridgehead atoms. The van der Waals surface area contributed by atoms with Gasteiger partial charge in [0, 0.05) is 31.7 Å². The zero-order valence-electron chi connectivity index (χ0n) is 17.5. The van der Waals surface area contributed by atoms with E-state index in [1.165, 1.54) is 41.3 Å². The second kappa shape index (κ2) is 9.16. The van der Waals surface area contributed by atoms with Crippen molar-refractivity contribution in [3.63, 3.8) is 0 Å². The van der Waals surface area contributed by atoms with Crippen LogP contribution in [0, 0.1) is 5.82 Å². The third kappa shape index (κ3) is 4.75. The lowest BCUT2D eigenvalue weighted by molar-refractivity contribution is -0.0661. The molecule has 4 heterocycles. The fraction of sp³-hybridized carbons (Fsp3) is 0.381. The molecule has 0 spiro atoms. The number of pyridine rings is 1. The number of nitrogens with zero attached hydrogens (tertiary/aromatic N) is 6. The predicted octanol–water partition coefficient (Wildman–Crippen LogP) is 3.66. The maximum absolute atomic E-state index is 13.6. The molecule has 8 nitrogen and oxygen atoms in total. The third-order valence-corrected chi connectivity index (χ3v) is 6.05. The van der Waals surface area contributed by atoms with Crippen LogP contribution < -0.4 is 10.2 Å². The van der Waals surface area contributed by atoms with Gasteiger partial charge in [-0.05, 0) is 30.3 Å². The number of alkyl halides is 2. The molecule has 3 aromatic rings. The smallest absolute Gasteiger partial charge is 0.264 e. The summed E-state index contributed by atoms with van der Waals surface area (Å²) in [5.74, 6) is 0.313. The maximum Gasteiger partial charge on any atom is 0.264 e. The van der Waals surface area contributed by atoms with E-state index in [1.807, 2.05) is 4.90 Å². The van der Waals surface area contributed by atoms with Crippen LogP contribution in [0.2, 0.25) is 5.02 Å². The van der Waals surface area contributed by atoms with Gasteiger partial charge in [0.15, 0.2) is 0 Å². The van der Waals surface area contributed by atoms with Gasteiger partial charge in [0.25, 0.3) is 6.43 Å². The normalized spacial score (nSPS) is 17.4. The number of nitrogens with one attached hydrogen (secondary N) is 1. The van der Waals surface area contributed by atoms with Crippen molar-refractivity contribution in [2.24, 2.45) is 0 Å². The van der Waals surface area contributed by atoms with Crippen LogP contribution in [0.25, 0.3) is 5.69 Å². The van der Waals surface area contributed by atoms with Gasteiger partial charge in [-0.15, -0.1) is 5.10 Å². The summed E-state index contributed by atoms with van der Waals surface area (Å²) in [6.07, 6.45) is -1.24. The highest BCUT2D eigenvalue weighted by molar-refractivity contribution is 6.30. The average molecular weight is 480 g/mol. The lowest BCUT2D eigenvalue weighted by Gasteiger charge is -2.42. The summed E-state index contributed by atoms with van der Waals surface area (Å²) in [5, 5.41) is 7.11. The monoisotopic (exact) mass is 479 g/mol. The lowest BCUT2D eigenvalue weighted by Crippen LogP contribution is -2.56. The molecule has 0 saturated carbocycles. The van der Waals surface area contributed by atoms with Crippen LogP contribution in [0.15, 0.2) is 36.7 Å². The van der Waals surface area contributed by atoms with Gasteiger partial charge in [-0.2, -0.15) is 4.98 Å². The van der Waals surface area contributed by atoms with Gasteiger partial charge in [0.2, 0.25) is 5.95 Å². The van der Waals surface area contributed by atoms with Gasteiger partial charge < -0.3 is 15.0 Å². The van der Waals surface area contributed by atoms with Crippen molar-refractivity contribution in [2.75, 3.05) is 49.6 Å². The quantitative estimate of drug-likeness (QED) is 0.578. The molecule has 0 amide bonds. The van der Waals surface area contributed by atoms with Crippen molar-refractivity contribution in [1.82, 2.24) is 24.6 Å². The number of hydrogen-bond donors (Lipinski definition) is 1. The second-order valence-corrected chi connectivity index (χ2v) is 8.30. The molecule has 1 N–H and O–H groups in total. The highest BCUT2D eigenvalue weighted by Crippen LogP contribution is 2.28. The summed E-state index contributed by atoms with van der Waals surface area (Å²) < 4.78 is 47.2. The van der Waals surface area contributed by atoms with E-state index in [0.29, 0.717) is 30.6 Å². The van der Waals surface area contributed by atoms with Gasteiger partial charge in [0.05, 0.1) is 30.0 Å². The lowest BCUT2D eigenvalue weighted by atomic mass is 10.1. The number of rotatable bonds is 6. The van der Waals surface area contributed by atoms with E-state index in [9.17, 15) is 13.2 Å². The number of anilines is 3. The molecule has 0 atom stereocenters. The number of aromatic nitrogens is 4. The average Bonchev–Trinajstić information content (AvgIpc) is 3.23. The van der Waals surface area contributed by atoms with E-state index >= 15 is 0 Å². The third-order valence-electron chi connectivity index (χ3n) is 5.76. The fourth-order valence-electron chi connectivity index (χ4n) is 3.83. The van der Waals surface area contributed by atoms with Crippen LogP contribution >= 0.6 is 11.6 Å². The maximum atomic E-state index is 13.6. The summed E-state index contributed by atoms with van der Waals surface area (Å²) in [4.78, 5) is 13.0. The van der Waals surface area contributed by atoms with Crippen LogP contribution in [0.5, 0.6) is 0 Å². The molecule has 2 fully saturated rings. The SMILES string of the molecule is Fc1ccc(-n2cnc(Nc3cc(C(F)F)cc(N4CCN(C5COC5)CC4)n3)n2)cc1Cl. The Kier molecular flexibility index (Phi) is 6.09. The van der Waals surface area contributed by atoms with Crippen molar-refractivity contribution in [2.45, 2.75) is 12.5 Å². The predicted molar refractivity (Wildman–Crippen MR) is 117 cm³/mol. The number of benzene rings is 1. The van der Waals surface area contributed by atoms with Crippen LogP contribution in [-0.2, 0) is 4.74 Å². The summed E-state index contributed by atoms with van der Waals surface area (Å²) in [7, 11) is 0. The van der Waals surface area contributed by atoms with E-state index in [-0.39, 0.29) is 22.4 Å². The highest BCUT2D eigenvalue weighted by Gasteiger charge is 2.29. The molecule has 2 aliphatic rings. The fourth-order valence-corrected chi connectivity index (χ4v) is 4.00. The minimum Gasteiger partial charge on any atom is -0.378 e. The van der Waals surface area contributed by atoms with E-state index < -0.39 is 12.2 Å². The number of piperazine rings is 1. The Morgan fingerprint density at radius 1 is 1.09 bits per heavy atom. The minimum atomic E-state index is -2.65. The van der Waals surface area contributed by atoms with Gasteiger partial charge in [-0.1, -0.05) is 11.6 Å². The topological polar surface area (TPSA) is 71.3 Å². The van der Waals surface area contributed by atoms with Crippen LogP contribution in [-0.4, -0.2) is 70.1 Å². The van der Waals surface area contributed by atoms with Crippen molar-refractivity contribution < 1.29 is 17.9 Å². The molecular formula is C21H21ClF3N7O. The van der Waals surface area contributed by atoms with Gasteiger partial charge in [-0.3, -0.25) is 4.90 Å². The highest BCUT2D eigenvalue weighted by atomic mass is 35.5. The summed E-state index contributed by atoms with van der Waals surface area (Å²) in [5.41, 5.74) is 0.369. The van der Waals surface area contributed by atoms with E-state index in [4.69, 9.17) is 16.3 Å². The van der Waals surface area contributed by atoms with E-state index in [0.717, 1.165) is 26.3 Å². The van der Waals surface area contributed by atoms with Gasteiger partial charge >= 0.3 is 0 Å². The molecule has 174 valence electrons. The van der Waals surface area contributed by atoms with Crippen molar-refractivity contribution in [3.05, 3.63) is 53.1 Å². The van der Waals surface area contributed by atoms with E-state index in [2.05, 4.69) is 25.3 Å². The Hall–Kier alpha value is -2.89. The van der Waals surface area contributed by atoms with Crippen LogP contribution in [0.4, 0.5) is 30.8 Å². The summed E-state index contributed by atoms with van der Waals surface area (Å²) in [6, 6.07) is 7.29. The second-order valence-electron chi connectivity index (χ2n) is 7.90. The Labute approximate surface area is 192 Å². The molecule has 2 aromatic heterocycles. The number of hydrogen-bond acceptors (Lipinski definition) is 7. The van der Waals surface area contributed by atoms with Crippen LogP contribution in [0.3, 0.4) is 0 Å². The molecule has 2 saturated heterocycles. The minimum absolute atomic E-state index is 0.0432. The van der Waals surface area contributed by atoms with Crippen molar-refractivity contribution in [1.29, 1.82) is 0 Å². The molecule has 2 aliphatic heterocycles. The van der Waals surface area contributed by atoms with Gasteiger partial charge in [0.1, 0.15) is 23.8 Å². The van der Waals surface area contributed by atoms with Crippen LogP contribution in [0.1, 0.15) is 12.0 Å². The Balaban J connectivity index is 1.33. The molecule has 0 aliphatic carbocycles. The standard InChI is InChI=1S/C21H21ClF3N7O/c22-16-9-14(1-2-17(16)23)32-12-26-21(29-32)28-18-7-13(20(24)25)8-19(27-18)31-5-3-30(4-6-31)15-10-33-11-15/h1-2,7-9,12,15,20H,3-6,10-11H2,(H,27,28,29). The number of halogens is 4. The molecule has 5 rings (SSSR count). The first-order chi connectivity index (χ1) is 16.0. The first kappa shape index (κ1) is 21.9. The molecule has 33 heavy (non-hydrogen) atoms. The van der Waals surface area contributed by atoms with Crippen molar-refractivity contribution in [3.8, 4) is 5.69 Å². The summed E-state index contributed by atoms with van der Waals surface area (Å²) >= 11 is 5.83. The number of ether oxygens (including phenoxy) is 1. The molecule has 1 aromatic carbocycles. The zero-order valence-corrected chi connectivity index (χ0v) is 18.2. The first-order valence-corrected chi connectivity index (χ1v) is 10.8. The summed E-state index contributed by atoms with van der Waals surface area (Å²) in [6.45, 7) is 4.52. The van der Waals surface area contributed by atoms with E-state index in [1.54, 1.807) is 0 Å². The molecule has 12 heteroatoms. The Morgan fingerprint density at radius 3 is 2.55 bits per heavy atom. The van der Waals surface area contributed by atoms with Crippen molar-refractivity contribution >= 4 is 29.2 Å². The largest absolute Gasteiger partial charge is 0.378 e. The zero-order chi connectivity index (χ0) is 22.9. The molecule has 0 unspecified atom stereocenters. The first-order valence-electron chi connectivity index (χ1n) is 10.5. The Morgan fingerprint density at radius 2 is 1.88 bits per heavy atom. The molecule has 0 radical (unpaired) electrons.